The third-order valence-electron chi connectivity index (χ3n) is 5.05. The third-order valence-corrected chi connectivity index (χ3v) is 5.05. The van der Waals surface area contributed by atoms with Crippen molar-refractivity contribution in [1.82, 2.24) is 30.0 Å². The lowest BCUT2D eigenvalue weighted by molar-refractivity contribution is 0.544. The molecule has 4 rings (SSSR count). The maximum absolute atomic E-state index is 4.90. The molecule has 1 aliphatic rings. The number of anilines is 1. The largest absolute Gasteiger partial charge is 0.365 e. The fraction of sp³-hybridized carbons (Fsp3) is 0.429. The first-order valence-corrected chi connectivity index (χ1v) is 9.88. The molecule has 1 atom stereocenters. The number of hydrogen-bond acceptors (Lipinski definition) is 6. The predicted molar refractivity (Wildman–Crippen MR) is 110 cm³/mol. The minimum absolute atomic E-state index is 0.193. The Labute approximate surface area is 165 Å². The van der Waals surface area contributed by atoms with Crippen LogP contribution in [-0.4, -0.2) is 43.9 Å². The molecular weight excluding hydrogens is 350 g/mol. The standard InChI is InChI=1S/C21H27N7/c1-14-12-16(3)28(27-14)13-15(2)24-21-18-6-10-23-11-7-19(18)25-20(26-21)17-4-8-22-9-5-17/h4-5,8-9,12,15,23H,6-7,10-11,13H2,1-3H3,(H,24,25,26)/t15-/m0/s1. The van der Waals surface area contributed by atoms with Gasteiger partial charge in [0.15, 0.2) is 5.82 Å². The normalized spacial score (nSPS) is 15.0. The molecule has 0 spiro atoms. The van der Waals surface area contributed by atoms with E-state index in [-0.39, 0.29) is 6.04 Å². The molecule has 28 heavy (non-hydrogen) atoms. The zero-order valence-corrected chi connectivity index (χ0v) is 16.7. The highest BCUT2D eigenvalue weighted by molar-refractivity contribution is 5.60. The van der Waals surface area contributed by atoms with Gasteiger partial charge >= 0.3 is 0 Å². The van der Waals surface area contributed by atoms with Gasteiger partial charge in [-0.05, 0) is 51.9 Å². The molecule has 0 bridgehead atoms. The molecule has 7 heteroatoms. The Kier molecular flexibility index (Phi) is 5.34. The fourth-order valence-electron chi connectivity index (χ4n) is 3.69. The van der Waals surface area contributed by atoms with E-state index in [1.165, 1.54) is 11.3 Å². The van der Waals surface area contributed by atoms with E-state index in [9.17, 15) is 0 Å². The lowest BCUT2D eigenvalue weighted by atomic mass is 10.1. The number of rotatable bonds is 5. The second kappa shape index (κ2) is 8.06. The number of fused-ring (bicyclic) bond motifs is 1. The highest BCUT2D eigenvalue weighted by Crippen LogP contribution is 2.25. The van der Waals surface area contributed by atoms with Crippen LogP contribution in [0.2, 0.25) is 0 Å². The van der Waals surface area contributed by atoms with Gasteiger partial charge < -0.3 is 10.6 Å². The van der Waals surface area contributed by atoms with Gasteiger partial charge in [-0.25, -0.2) is 9.97 Å². The molecule has 3 aromatic rings. The first-order valence-electron chi connectivity index (χ1n) is 9.88. The molecule has 7 nitrogen and oxygen atoms in total. The molecule has 146 valence electrons. The van der Waals surface area contributed by atoms with Crippen LogP contribution in [0.1, 0.15) is 29.6 Å². The summed E-state index contributed by atoms with van der Waals surface area (Å²) in [5.41, 5.74) is 5.57. The summed E-state index contributed by atoms with van der Waals surface area (Å²) in [4.78, 5) is 13.9. The van der Waals surface area contributed by atoms with Crippen LogP contribution in [0.3, 0.4) is 0 Å². The lowest BCUT2D eigenvalue weighted by Gasteiger charge is -2.20. The lowest BCUT2D eigenvalue weighted by Crippen LogP contribution is -2.25. The van der Waals surface area contributed by atoms with Gasteiger partial charge in [0.1, 0.15) is 5.82 Å². The summed E-state index contributed by atoms with van der Waals surface area (Å²) in [5.74, 6) is 1.69. The van der Waals surface area contributed by atoms with E-state index in [1.54, 1.807) is 12.4 Å². The van der Waals surface area contributed by atoms with Crippen molar-refractivity contribution in [3.05, 3.63) is 53.2 Å². The second-order valence-electron chi connectivity index (χ2n) is 7.46. The van der Waals surface area contributed by atoms with Crippen molar-refractivity contribution in [3.63, 3.8) is 0 Å². The molecule has 0 aromatic carbocycles. The Balaban J connectivity index is 1.65. The average molecular weight is 377 g/mol. The van der Waals surface area contributed by atoms with Crippen molar-refractivity contribution in [3.8, 4) is 11.4 Å². The Hall–Kier alpha value is -2.80. The molecule has 0 fully saturated rings. The summed E-state index contributed by atoms with van der Waals surface area (Å²) >= 11 is 0. The van der Waals surface area contributed by atoms with Crippen LogP contribution < -0.4 is 10.6 Å². The minimum Gasteiger partial charge on any atom is -0.365 e. The van der Waals surface area contributed by atoms with Gasteiger partial charge in [-0.3, -0.25) is 9.67 Å². The molecule has 1 aliphatic heterocycles. The van der Waals surface area contributed by atoms with Crippen LogP contribution in [0.4, 0.5) is 5.82 Å². The minimum atomic E-state index is 0.193. The monoisotopic (exact) mass is 377 g/mol. The number of aryl methyl sites for hydroxylation is 2. The molecule has 0 amide bonds. The summed E-state index contributed by atoms with van der Waals surface area (Å²) in [5, 5.41) is 11.7. The Morgan fingerprint density at radius 2 is 1.93 bits per heavy atom. The molecule has 2 N–H and O–H groups in total. The highest BCUT2D eigenvalue weighted by atomic mass is 15.3. The van der Waals surface area contributed by atoms with Crippen molar-refractivity contribution < 1.29 is 0 Å². The second-order valence-corrected chi connectivity index (χ2v) is 7.46. The van der Waals surface area contributed by atoms with Gasteiger partial charge in [0.2, 0.25) is 0 Å². The quantitative estimate of drug-likeness (QED) is 0.711. The van der Waals surface area contributed by atoms with Gasteiger partial charge in [0, 0.05) is 48.2 Å². The molecule has 0 radical (unpaired) electrons. The van der Waals surface area contributed by atoms with E-state index in [4.69, 9.17) is 9.97 Å². The van der Waals surface area contributed by atoms with Gasteiger partial charge in [-0.2, -0.15) is 5.10 Å². The molecule has 3 aromatic heterocycles. The van der Waals surface area contributed by atoms with E-state index in [0.717, 1.165) is 61.1 Å². The van der Waals surface area contributed by atoms with Crippen LogP contribution in [0.5, 0.6) is 0 Å². The molecular formula is C21H27N7. The van der Waals surface area contributed by atoms with Crippen molar-refractivity contribution in [2.75, 3.05) is 18.4 Å². The number of nitrogens with one attached hydrogen (secondary N) is 2. The molecule has 0 saturated heterocycles. The SMILES string of the molecule is Cc1cc(C)n(C[C@H](C)Nc2nc(-c3ccncc3)nc3c2CCNCC3)n1. The number of nitrogens with zero attached hydrogens (tertiary/aromatic N) is 5. The van der Waals surface area contributed by atoms with E-state index >= 15 is 0 Å². The smallest absolute Gasteiger partial charge is 0.161 e. The Morgan fingerprint density at radius 1 is 1.14 bits per heavy atom. The first kappa shape index (κ1) is 18.6. The van der Waals surface area contributed by atoms with Crippen molar-refractivity contribution in [1.29, 1.82) is 0 Å². The van der Waals surface area contributed by atoms with Crippen molar-refractivity contribution in [2.24, 2.45) is 0 Å². The maximum Gasteiger partial charge on any atom is 0.161 e. The third kappa shape index (κ3) is 4.04. The average Bonchev–Trinajstić information content (AvgIpc) is 2.86. The van der Waals surface area contributed by atoms with Crippen LogP contribution in [0.15, 0.2) is 30.6 Å². The summed E-state index contributed by atoms with van der Waals surface area (Å²) in [6.07, 6.45) is 5.41. The molecule has 4 heterocycles. The maximum atomic E-state index is 4.90. The molecule has 0 aliphatic carbocycles. The number of aromatic nitrogens is 5. The van der Waals surface area contributed by atoms with Crippen molar-refractivity contribution >= 4 is 5.82 Å². The van der Waals surface area contributed by atoms with Gasteiger partial charge in [0.05, 0.1) is 17.9 Å². The zero-order chi connectivity index (χ0) is 19.5. The molecule has 0 unspecified atom stereocenters. The van der Waals surface area contributed by atoms with Gasteiger partial charge in [-0.1, -0.05) is 0 Å². The first-order chi connectivity index (χ1) is 13.6. The van der Waals surface area contributed by atoms with Crippen LogP contribution in [-0.2, 0) is 19.4 Å². The van der Waals surface area contributed by atoms with Crippen LogP contribution in [0.25, 0.3) is 11.4 Å². The summed E-state index contributed by atoms with van der Waals surface area (Å²) < 4.78 is 2.05. The van der Waals surface area contributed by atoms with Crippen molar-refractivity contribution in [2.45, 2.75) is 46.2 Å². The predicted octanol–water partition coefficient (Wildman–Crippen LogP) is 2.54. The van der Waals surface area contributed by atoms with E-state index in [2.05, 4.69) is 45.3 Å². The summed E-state index contributed by atoms with van der Waals surface area (Å²) in [6.45, 7) is 8.98. The topological polar surface area (TPSA) is 80.5 Å². The van der Waals surface area contributed by atoms with E-state index < -0.39 is 0 Å². The molecule has 0 saturated carbocycles. The fourth-order valence-corrected chi connectivity index (χ4v) is 3.69. The van der Waals surface area contributed by atoms with Gasteiger partial charge in [-0.15, -0.1) is 0 Å². The Bertz CT molecular complexity index is 949. The Morgan fingerprint density at radius 3 is 2.68 bits per heavy atom. The van der Waals surface area contributed by atoms with E-state index in [0.29, 0.717) is 0 Å². The number of pyridine rings is 1. The van der Waals surface area contributed by atoms with Crippen LogP contribution >= 0.6 is 0 Å². The zero-order valence-electron chi connectivity index (χ0n) is 16.7. The van der Waals surface area contributed by atoms with E-state index in [1.807, 2.05) is 19.1 Å². The highest BCUT2D eigenvalue weighted by Gasteiger charge is 2.19. The van der Waals surface area contributed by atoms with Gasteiger partial charge in [0.25, 0.3) is 0 Å². The summed E-state index contributed by atoms with van der Waals surface area (Å²) in [6, 6.07) is 6.22. The van der Waals surface area contributed by atoms with Crippen LogP contribution in [0, 0.1) is 13.8 Å². The summed E-state index contributed by atoms with van der Waals surface area (Å²) in [7, 11) is 0. The number of hydrogen-bond donors (Lipinski definition) is 2.